The molecule has 1 unspecified atom stereocenters. The summed E-state index contributed by atoms with van der Waals surface area (Å²) in [6.07, 6.45) is 7.89. The first-order valence-corrected chi connectivity index (χ1v) is 12.1. The molecule has 2 aliphatic rings. The standard InChI is InChI=1S/C26H25FN4O2.C2H6/c1-17-15-30(16-28-17)22-10-5-18(13-24(22)33-2)12-20-4-3-11-31-23(14-25(32)29-26(20)31)19-6-8-21(27)9-7-19;1-2/h5-10,12-13,15-16,23H,3-4,11,14H2,1-2H3;1-2H3/b20-12+;. The van der Waals surface area contributed by atoms with Crippen molar-refractivity contribution in [3.8, 4) is 11.4 Å². The number of imidazole rings is 1. The van der Waals surface area contributed by atoms with Gasteiger partial charge < -0.3 is 14.2 Å². The van der Waals surface area contributed by atoms with Gasteiger partial charge >= 0.3 is 0 Å². The van der Waals surface area contributed by atoms with Gasteiger partial charge in [0.1, 0.15) is 17.4 Å². The Hall–Kier alpha value is -3.74. The Bertz CT molecular complexity index is 1260. The summed E-state index contributed by atoms with van der Waals surface area (Å²) in [5.74, 6) is 1.03. The number of hydrogen-bond acceptors (Lipinski definition) is 4. The van der Waals surface area contributed by atoms with E-state index in [-0.39, 0.29) is 17.8 Å². The lowest BCUT2D eigenvalue weighted by Gasteiger charge is -2.40. The summed E-state index contributed by atoms with van der Waals surface area (Å²) in [7, 11) is 1.65. The minimum Gasteiger partial charge on any atom is -0.495 e. The van der Waals surface area contributed by atoms with Gasteiger partial charge in [-0.1, -0.05) is 32.0 Å². The maximum absolute atomic E-state index is 13.4. The van der Waals surface area contributed by atoms with Crippen molar-refractivity contribution in [2.24, 2.45) is 4.99 Å². The van der Waals surface area contributed by atoms with Gasteiger partial charge in [-0.05, 0) is 66.8 Å². The van der Waals surface area contributed by atoms with Gasteiger partial charge in [0.15, 0.2) is 0 Å². The molecule has 0 bridgehead atoms. The molecule has 3 aromatic rings. The summed E-state index contributed by atoms with van der Waals surface area (Å²) >= 11 is 0. The van der Waals surface area contributed by atoms with Crippen LogP contribution in [0.15, 0.2) is 65.6 Å². The van der Waals surface area contributed by atoms with Gasteiger partial charge in [-0.15, -0.1) is 0 Å². The maximum Gasteiger partial charge on any atom is 0.250 e. The maximum atomic E-state index is 13.4. The van der Waals surface area contributed by atoms with Crippen LogP contribution in [0.2, 0.25) is 0 Å². The molecular weight excluding hydrogens is 443 g/mol. The normalized spacial score (nSPS) is 18.5. The molecule has 1 aromatic heterocycles. The fraction of sp³-hybridized carbons (Fsp3) is 0.321. The third-order valence-electron chi connectivity index (χ3n) is 6.17. The first-order chi connectivity index (χ1) is 17.0. The summed E-state index contributed by atoms with van der Waals surface area (Å²) < 4.78 is 21.0. The molecule has 1 atom stereocenters. The molecular formula is C28H31FN4O2. The highest BCUT2D eigenvalue weighted by atomic mass is 19.1. The van der Waals surface area contributed by atoms with Crippen molar-refractivity contribution in [1.29, 1.82) is 0 Å². The number of piperidine rings is 1. The highest BCUT2D eigenvalue weighted by Crippen LogP contribution is 2.35. The largest absolute Gasteiger partial charge is 0.495 e. The van der Waals surface area contributed by atoms with Gasteiger partial charge in [0.2, 0.25) is 5.91 Å². The number of methoxy groups -OCH3 is 1. The number of aryl methyl sites for hydroxylation is 1. The van der Waals surface area contributed by atoms with Gasteiger partial charge in [0.05, 0.1) is 37.3 Å². The second-order valence-corrected chi connectivity index (χ2v) is 8.42. The van der Waals surface area contributed by atoms with E-state index in [4.69, 9.17) is 4.74 Å². The Morgan fingerprint density at radius 2 is 1.91 bits per heavy atom. The van der Waals surface area contributed by atoms with Gasteiger partial charge in [-0.3, -0.25) is 4.79 Å². The lowest BCUT2D eigenvalue weighted by atomic mass is 9.92. The average molecular weight is 475 g/mol. The number of benzene rings is 2. The zero-order chi connectivity index (χ0) is 24.9. The van der Waals surface area contributed by atoms with Crippen molar-refractivity contribution in [3.05, 3.63) is 83.2 Å². The van der Waals surface area contributed by atoms with Crippen LogP contribution in [0.1, 0.15) is 56.0 Å². The van der Waals surface area contributed by atoms with Gasteiger partial charge in [-0.25, -0.2) is 9.37 Å². The number of hydrogen-bond donors (Lipinski definition) is 0. The number of aromatic nitrogens is 2. The van der Waals surface area contributed by atoms with Gasteiger partial charge in [0.25, 0.3) is 0 Å². The van der Waals surface area contributed by atoms with Crippen LogP contribution in [0, 0.1) is 12.7 Å². The molecule has 2 aliphatic heterocycles. The van der Waals surface area contributed by atoms with Crippen LogP contribution >= 0.6 is 0 Å². The Balaban J connectivity index is 0.00000141. The van der Waals surface area contributed by atoms with Crippen LogP contribution in [0.3, 0.4) is 0 Å². The van der Waals surface area contributed by atoms with Crippen molar-refractivity contribution in [1.82, 2.24) is 14.5 Å². The molecule has 0 N–H and O–H groups in total. The SMILES string of the molecule is CC.COc1cc(/C=C2\CCCN3C2=NC(=O)CC3c2ccc(F)cc2)ccc1-n1cnc(C)c1. The van der Waals surface area contributed by atoms with E-state index >= 15 is 0 Å². The third-order valence-corrected chi connectivity index (χ3v) is 6.17. The number of aliphatic imine (C=N–C) groups is 1. The molecule has 1 saturated heterocycles. The minimum absolute atomic E-state index is 0.129. The van der Waals surface area contributed by atoms with E-state index < -0.39 is 0 Å². The Kier molecular flexibility index (Phi) is 7.44. The fourth-order valence-corrected chi connectivity index (χ4v) is 4.59. The van der Waals surface area contributed by atoms with E-state index in [1.807, 2.05) is 49.7 Å². The predicted molar refractivity (Wildman–Crippen MR) is 136 cm³/mol. The van der Waals surface area contributed by atoms with Crippen LogP contribution in [0.4, 0.5) is 4.39 Å². The van der Waals surface area contributed by atoms with Crippen molar-refractivity contribution in [2.75, 3.05) is 13.7 Å². The van der Waals surface area contributed by atoms with Crippen LogP contribution in [-0.4, -0.2) is 39.8 Å². The molecule has 35 heavy (non-hydrogen) atoms. The molecule has 0 radical (unpaired) electrons. The highest BCUT2D eigenvalue weighted by molar-refractivity contribution is 6.09. The molecule has 182 valence electrons. The van der Waals surface area contributed by atoms with E-state index in [0.29, 0.717) is 6.42 Å². The summed E-state index contributed by atoms with van der Waals surface area (Å²) in [5.41, 5.74) is 4.77. The molecule has 5 rings (SSSR count). The van der Waals surface area contributed by atoms with Crippen molar-refractivity contribution >= 4 is 17.8 Å². The first-order valence-electron chi connectivity index (χ1n) is 12.1. The molecule has 3 heterocycles. The number of ether oxygens (including phenoxy) is 1. The molecule has 1 amide bonds. The van der Waals surface area contributed by atoms with Crippen LogP contribution in [-0.2, 0) is 4.79 Å². The van der Waals surface area contributed by atoms with Crippen molar-refractivity contribution in [3.63, 3.8) is 0 Å². The monoisotopic (exact) mass is 474 g/mol. The zero-order valence-electron chi connectivity index (χ0n) is 20.7. The number of halogens is 1. The molecule has 0 saturated carbocycles. The number of rotatable bonds is 4. The topological polar surface area (TPSA) is 59.7 Å². The average Bonchev–Trinajstić information content (AvgIpc) is 3.31. The predicted octanol–water partition coefficient (Wildman–Crippen LogP) is 5.90. The fourth-order valence-electron chi connectivity index (χ4n) is 4.59. The number of nitrogens with zero attached hydrogens (tertiary/aromatic N) is 4. The number of carbonyl (C=O) groups is 1. The van der Waals surface area contributed by atoms with Crippen LogP contribution in [0.5, 0.6) is 5.75 Å². The molecule has 6 nitrogen and oxygen atoms in total. The van der Waals surface area contributed by atoms with E-state index in [1.54, 1.807) is 25.6 Å². The first kappa shape index (κ1) is 24.4. The van der Waals surface area contributed by atoms with E-state index in [0.717, 1.165) is 59.1 Å². The highest BCUT2D eigenvalue weighted by Gasteiger charge is 2.34. The smallest absolute Gasteiger partial charge is 0.250 e. The lowest BCUT2D eigenvalue weighted by molar-refractivity contribution is -0.119. The van der Waals surface area contributed by atoms with Crippen molar-refractivity contribution in [2.45, 2.75) is 46.1 Å². The Labute approximate surface area is 205 Å². The number of amidine groups is 1. The quantitative estimate of drug-likeness (QED) is 0.472. The molecule has 1 fully saturated rings. The molecule has 7 heteroatoms. The Morgan fingerprint density at radius 3 is 2.60 bits per heavy atom. The van der Waals surface area contributed by atoms with Crippen LogP contribution < -0.4 is 4.74 Å². The van der Waals surface area contributed by atoms with Crippen molar-refractivity contribution < 1.29 is 13.9 Å². The number of amides is 1. The molecule has 0 aliphatic carbocycles. The second kappa shape index (κ2) is 10.7. The summed E-state index contributed by atoms with van der Waals surface area (Å²) in [4.78, 5) is 23.4. The summed E-state index contributed by atoms with van der Waals surface area (Å²) in [6.45, 7) is 6.76. The van der Waals surface area contributed by atoms with Gasteiger partial charge in [-0.2, -0.15) is 4.99 Å². The molecule has 2 aromatic carbocycles. The summed E-state index contributed by atoms with van der Waals surface area (Å²) in [5, 5.41) is 0. The summed E-state index contributed by atoms with van der Waals surface area (Å²) in [6, 6.07) is 12.3. The number of fused-ring (bicyclic) bond motifs is 1. The molecule has 0 spiro atoms. The van der Waals surface area contributed by atoms with E-state index in [1.165, 1.54) is 12.1 Å². The number of carbonyl (C=O) groups excluding carboxylic acids is 1. The zero-order valence-corrected chi connectivity index (χ0v) is 20.7. The van der Waals surface area contributed by atoms with Crippen LogP contribution in [0.25, 0.3) is 11.8 Å². The van der Waals surface area contributed by atoms with Gasteiger partial charge in [0, 0.05) is 12.7 Å². The second-order valence-electron chi connectivity index (χ2n) is 8.42. The van der Waals surface area contributed by atoms with E-state index in [9.17, 15) is 9.18 Å². The third kappa shape index (κ3) is 5.19. The minimum atomic E-state index is -0.280. The Morgan fingerprint density at radius 1 is 1.14 bits per heavy atom. The van der Waals surface area contributed by atoms with E-state index in [2.05, 4.69) is 21.0 Å². The lowest BCUT2D eigenvalue weighted by Crippen LogP contribution is -2.44.